The molecule has 0 radical (unpaired) electrons. The summed E-state index contributed by atoms with van der Waals surface area (Å²) in [6.07, 6.45) is 0. The van der Waals surface area contributed by atoms with E-state index in [0.29, 0.717) is 6.54 Å². The first-order valence-corrected chi connectivity index (χ1v) is 6.22. The van der Waals surface area contributed by atoms with Gasteiger partial charge in [-0.2, -0.15) is 0 Å². The molecule has 0 spiro atoms. The fourth-order valence-corrected chi connectivity index (χ4v) is 2.57. The normalized spacial score (nSPS) is 11.2. The van der Waals surface area contributed by atoms with Crippen LogP contribution in [0, 0.1) is 20.8 Å². The Morgan fingerprint density at radius 3 is 2.56 bits per heavy atom. The molecular weight excluding hydrogens is 224 g/mol. The molecule has 0 saturated heterocycles. The summed E-state index contributed by atoms with van der Waals surface area (Å²) in [6.45, 7) is 6.61. The number of likely N-dealkylation sites (N-methyl/N-ethyl adjacent to an activating group) is 1. The van der Waals surface area contributed by atoms with Crippen LogP contribution in [0.15, 0.2) is 12.1 Å². The van der Waals surface area contributed by atoms with E-state index in [-0.39, 0.29) is 5.78 Å². The van der Waals surface area contributed by atoms with Crippen molar-refractivity contribution in [2.45, 2.75) is 20.8 Å². The van der Waals surface area contributed by atoms with E-state index in [0.717, 1.165) is 16.6 Å². The molecule has 2 rings (SSSR count). The number of aryl methyl sites for hydroxylation is 3. The lowest BCUT2D eigenvalue weighted by atomic mass is 10.0. The Balaban J connectivity index is 2.80. The van der Waals surface area contributed by atoms with Crippen molar-refractivity contribution in [2.24, 2.45) is 7.05 Å². The van der Waals surface area contributed by atoms with Gasteiger partial charge in [0.15, 0.2) is 5.78 Å². The number of fused-ring (bicyclic) bond motifs is 1. The lowest BCUT2D eigenvalue weighted by molar-refractivity contribution is 0.0994. The van der Waals surface area contributed by atoms with Crippen LogP contribution in [0.1, 0.15) is 27.2 Å². The van der Waals surface area contributed by atoms with Crippen LogP contribution in [0.3, 0.4) is 0 Å². The minimum atomic E-state index is 0.156. The Kier molecular flexibility index (Phi) is 3.26. The van der Waals surface area contributed by atoms with Crippen LogP contribution in [0.25, 0.3) is 10.9 Å². The van der Waals surface area contributed by atoms with Crippen molar-refractivity contribution in [3.05, 3.63) is 34.5 Å². The zero-order valence-corrected chi connectivity index (χ0v) is 11.7. The summed E-state index contributed by atoms with van der Waals surface area (Å²) in [5.74, 6) is 0.156. The number of benzene rings is 1. The largest absolute Gasteiger partial charge is 0.347 e. The Labute approximate surface area is 108 Å². The first kappa shape index (κ1) is 12.8. The molecule has 1 N–H and O–H groups in total. The molecule has 0 bridgehead atoms. The van der Waals surface area contributed by atoms with Crippen molar-refractivity contribution in [1.82, 2.24) is 9.88 Å². The summed E-state index contributed by atoms with van der Waals surface area (Å²) in [7, 11) is 3.83. The zero-order valence-electron chi connectivity index (χ0n) is 11.7. The maximum atomic E-state index is 12.2. The van der Waals surface area contributed by atoms with Gasteiger partial charge >= 0.3 is 0 Å². The summed E-state index contributed by atoms with van der Waals surface area (Å²) in [5.41, 5.74) is 5.58. The average Bonchev–Trinajstić information content (AvgIpc) is 2.58. The van der Waals surface area contributed by atoms with Gasteiger partial charge in [0, 0.05) is 23.7 Å². The number of nitrogens with one attached hydrogen (secondary N) is 1. The van der Waals surface area contributed by atoms with Gasteiger partial charge in [-0.3, -0.25) is 4.79 Å². The van der Waals surface area contributed by atoms with Gasteiger partial charge in [-0.15, -0.1) is 0 Å². The minimum absolute atomic E-state index is 0.156. The lowest BCUT2D eigenvalue weighted by Gasteiger charge is -2.05. The molecule has 0 aliphatic carbocycles. The third kappa shape index (κ3) is 1.75. The fourth-order valence-electron chi connectivity index (χ4n) is 2.57. The van der Waals surface area contributed by atoms with Crippen molar-refractivity contribution in [3.63, 3.8) is 0 Å². The number of rotatable bonds is 3. The third-order valence-corrected chi connectivity index (χ3v) is 3.79. The first-order valence-electron chi connectivity index (χ1n) is 6.22. The summed E-state index contributed by atoms with van der Waals surface area (Å²) in [6, 6.07) is 4.15. The molecule has 0 aliphatic rings. The SMILES string of the molecule is CNCC(=O)c1c(C)n(C)c2c(C)c(C)ccc12. The number of nitrogens with zero attached hydrogens (tertiary/aromatic N) is 1. The molecule has 2 aromatic rings. The van der Waals surface area contributed by atoms with Crippen LogP contribution in [-0.4, -0.2) is 23.9 Å². The number of hydrogen-bond acceptors (Lipinski definition) is 2. The van der Waals surface area contributed by atoms with Crippen molar-refractivity contribution >= 4 is 16.7 Å². The molecule has 0 unspecified atom stereocenters. The number of Topliss-reactive ketones (excluding diaryl/α,β-unsaturated/α-hetero) is 1. The highest BCUT2D eigenvalue weighted by Gasteiger charge is 2.19. The van der Waals surface area contributed by atoms with Crippen molar-refractivity contribution in [2.75, 3.05) is 13.6 Å². The second-order valence-electron chi connectivity index (χ2n) is 4.88. The topological polar surface area (TPSA) is 34.0 Å². The van der Waals surface area contributed by atoms with E-state index in [9.17, 15) is 4.79 Å². The second-order valence-corrected chi connectivity index (χ2v) is 4.88. The van der Waals surface area contributed by atoms with E-state index in [1.807, 2.05) is 14.0 Å². The number of carbonyl (C=O) groups excluding carboxylic acids is 1. The zero-order chi connectivity index (χ0) is 13.4. The quantitative estimate of drug-likeness (QED) is 0.842. The van der Waals surface area contributed by atoms with Gasteiger partial charge in [0.05, 0.1) is 12.1 Å². The third-order valence-electron chi connectivity index (χ3n) is 3.79. The van der Waals surface area contributed by atoms with Crippen LogP contribution >= 0.6 is 0 Å². The smallest absolute Gasteiger partial charge is 0.179 e. The number of hydrogen-bond donors (Lipinski definition) is 1. The summed E-state index contributed by atoms with van der Waals surface area (Å²) < 4.78 is 2.13. The van der Waals surface area contributed by atoms with E-state index in [4.69, 9.17) is 0 Å². The number of aromatic nitrogens is 1. The van der Waals surface area contributed by atoms with E-state index in [1.165, 1.54) is 16.6 Å². The maximum absolute atomic E-state index is 12.2. The van der Waals surface area contributed by atoms with Crippen LogP contribution in [0.2, 0.25) is 0 Å². The Bertz CT molecular complexity index is 623. The number of carbonyl (C=O) groups is 1. The molecule has 0 atom stereocenters. The molecule has 3 nitrogen and oxygen atoms in total. The standard InChI is InChI=1S/C15H20N2O/c1-9-6-7-12-14(13(18)8-16-4)11(3)17(5)15(12)10(9)2/h6-7,16H,8H2,1-5H3. The predicted octanol–water partition coefficient (Wildman–Crippen LogP) is 2.51. The van der Waals surface area contributed by atoms with E-state index < -0.39 is 0 Å². The van der Waals surface area contributed by atoms with E-state index in [2.05, 4.69) is 35.9 Å². The molecule has 0 saturated carbocycles. The molecule has 0 fully saturated rings. The van der Waals surface area contributed by atoms with Crippen LogP contribution in [0.5, 0.6) is 0 Å². The Hall–Kier alpha value is -1.61. The lowest BCUT2D eigenvalue weighted by Crippen LogP contribution is -2.19. The maximum Gasteiger partial charge on any atom is 0.179 e. The summed E-state index contributed by atoms with van der Waals surface area (Å²) >= 11 is 0. The average molecular weight is 244 g/mol. The Morgan fingerprint density at radius 1 is 1.28 bits per heavy atom. The molecule has 1 aromatic heterocycles. The van der Waals surface area contributed by atoms with Gasteiger partial charge in [-0.1, -0.05) is 12.1 Å². The van der Waals surface area contributed by atoms with Crippen molar-refractivity contribution in [3.8, 4) is 0 Å². The van der Waals surface area contributed by atoms with E-state index >= 15 is 0 Å². The number of ketones is 1. The fraction of sp³-hybridized carbons (Fsp3) is 0.400. The molecule has 0 aliphatic heterocycles. The molecule has 1 aromatic carbocycles. The second kappa shape index (κ2) is 4.58. The minimum Gasteiger partial charge on any atom is -0.347 e. The first-order chi connectivity index (χ1) is 8.49. The van der Waals surface area contributed by atoms with Crippen molar-refractivity contribution < 1.29 is 4.79 Å². The molecule has 96 valence electrons. The molecule has 1 heterocycles. The molecule has 18 heavy (non-hydrogen) atoms. The molecule has 3 heteroatoms. The highest BCUT2D eigenvalue weighted by atomic mass is 16.1. The molecule has 0 amide bonds. The van der Waals surface area contributed by atoms with Gasteiger partial charge in [0.1, 0.15) is 0 Å². The summed E-state index contributed by atoms with van der Waals surface area (Å²) in [5, 5.41) is 4.00. The Morgan fingerprint density at radius 2 is 1.94 bits per heavy atom. The van der Waals surface area contributed by atoms with Gasteiger partial charge in [-0.05, 0) is 38.9 Å². The van der Waals surface area contributed by atoms with Gasteiger partial charge in [-0.25, -0.2) is 0 Å². The predicted molar refractivity (Wildman–Crippen MR) is 75.4 cm³/mol. The van der Waals surface area contributed by atoms with Gasteiger partial charge in [0.2, 0.25) is 0 Å². The van der Waals surface area contributed by atoms with Crippen LogP contribution in [-0.2, 0) is 7.05 Å². The highest BCUT2D eigenvalue weighted by molar-refractivity contribution is 6.11. The van der Waals surface area contributed by atoms with Gasteiger partial charge < -0.3 is 9.88 Å². The summed E-state index contributed by atoms with van der Waals surface area (Å²) in [4.78, 5) is 12.2. The molecular formula is C15H20N2O. The van der Waals surface area contributed by atoms with Crippen LogP contribution < -0.4 is 5.32 Å². The van der Waals surface area contributed by atoms with Gasteiger partial charge in [0.25, 0.3) is 0 Å². The highest BCUT2D eigenvalue weighted by Crippen LogP contribution is 2.29. The monoisotopic (exact) mass is 244 g/mol. The van der Waals surface area contributed by atoms with E-state index in [1.54, 1.807) is 7.05 Å². The van der Waals surface area contributed by atoms with Crippen molar-refractivity contribution in [1.29, 1.82) is 0 Å². The van der Waals surface area contributed by atoms with Crippen LogP contribution in [0.4, 0.5) is 0 Å².